The maximum absolute atomic E-state index is 11.3. The molecule has 0 bridgehead atoms. The first-order valence-electron chi connectivity index (χ1n) is 6.00. The molecule has 3 nitrogen and oxygen atoms in total. The number of ether oxygens (including phenoxy) is 1. The van der Waals surface area contributed by atoms with Gasteiger partial charge in [-0.3, -0.25) is 4.72 Å². The maximum atomic E-state index is 11.3. The van der Waals surface area contributed by atoms with Gasteiger partial charge in [-0.1, -0.05) is 24.1 Å². The Balaban J connectivity index is 2.38. The van der Waals surface area contributed by atoms with E-state index < -0.39 is 0 Å². The first kappa shape index (κ1) is 15.1. The molecule has 0 aromatic heterocycles. The molecular weight excluding hydrogens is 246 g/mol. The van der Waals surface area contributed by atoms with E-state index in [-0.39, 0.29) is 10.7 Å². The average Bonchev–Trinajstić information content (AvgIpc) is 2.33. The summed E-state index contributed by atoms with van der Waals surface area (Å²) in [5.41, 5.74) is 1.81. The van der Waals surface area contributed by atoms with Crippen LogP contribution in [-0.4, -0.2) is 24.4 Å². The molecule has 1 N–H and O–H groups in total. The lowest BCUT2D eigenvalue weighted by molar-refractivity contribution is 0.0600. The van der Waals surface area contributed by atoms with E-state index in [9.17, 15) is 4.79 Å². The predicted octanol–water partition coefficient (Wildman–Crippen LogP) is 3.05. The summed E-state index contributed by atoms with van der Waals surface area (Å²) in [6, 6.07) is 7.54. The second-order valence-corrected chi connectivity index (χ2v) is 6.76. The van der Waals surface area contributed by atoms with Crippen LogP contribution in [-0.2, 0) is 11.2 Å². The SMILES string of the molecule is COC(=O)c1ccc(CCNSC(C)(C)C)cc1. The van der Waals surface area contributed by atoms with Crippen LogP contribution in [0.1, 0.15) is 36.7 Å². The first-order valence-corrected chi connectivity index (χ1v) is 6.82. The maximum Gasteiger partial charge on any atom is 0.337 e. The lowest BCUT2D eigenvalue weighted by atomic mass is 10.1. The summed E-state index contributed by atoms with van der Waals surface area (Å²) in [6.45, 7) is 7.45. The van der Waals surface area contributed by atoms with Crippen LogP contribution >= 0.6 is 11.9 Å². The highest BCUT2D eigenvalue weighted by Crippen LogP contribution is 2.19. The fourth-order valence-electron chi connectivity index (χ4n) is 1.39. The molecule has 0 saturated heterocycles. The van der Waals surface area contributed by atoms with Gasteiger partial charge >= 0.3 is 5.97 Å². The summed E-state index contributed by atoms with van der Waals surface area (Å²) in [5.74, 6) is -0.289. The summed E-state index contributed by atoms with van der Waals surface area (Å²) in [5, 5.41) is 0. The van der Waals surface area contributed by atoms with E-state index in [0.717, 1.165) is 13.0 Å². The molecule has 0 unspecified atom stereocenters. The number of methoxy groups -OCH3 is 1. The number of rotatable bonds is 5. The van der Waals surface area contributed by atoms with Gasteiger partial charge in [-0.05, 0) is 44.9 Å². The number of hydrogen-bond donors (Lipinski definition) is 1. The van der Waals surface area contributed by atoms with Crippen molar-refractivity contribution in [3.05, 3.63) is 35.4 Å². The van der Waals surface area contributed by atoms with Crippen LogP contribution in [0.3, 0.4) is 0 Å². The Morgan fingerprint density at radius 3 is 2.39 bits per heavy atom. The van der Waals surface area contributed by atoms with Gasteiger partial charge in [0.15, 0.2) is 0 Å². The molecule has 0 aliphatic rings. The fourth-order valence-corrected chi connectivity index (χ4v) is 2.03. The quantitative estimate of drug-likeness (QED) is 0.505. The number of carbonyl (C=O) groups is 1. The van der Waals surface area contributed by atoms with Gasteiger partial charge < -0.3 is 4.74 Å². The third-order valence-corrected chi connectivity index (χ3v) is 3.23. The molecule has 0 aliphatic carbocycles. The smallest absolute Gasteiger partial charge is 0.337 e. The Hall–Kier alpha value is -1.00. The molecular formula is C14H21NO2S. The molecule has 0 atom stereocenters. The van der Waals surface area contributed by atoms with Crippen LogP contribution in [0.5, 0.6) is 0 Å². The van der Waals surface area contributed by atoms with Gasteiger partial charge in [0, 0.05) is 11.3 Å². The van der Waals surface area contributed by atoms with Crippen LogP contribution in [0.2, 0.25) is 0 Å². The Bertz CT molecular complexity index is 382. The van der Waals surface area contributed by atoms with Crippen LogP contribution in [0.15, 0.2) is 24.3 Å². The lowest BCUT2D eigenvalue weighted by Gasteiger charge is -2.17. The third-order valence-electron chi connectivity index (χ3n) is 2.27. The molecule has 18 heavy (non-hydrogen) atoms. The van der Waals surface area contributed by atoms with E-state index >= 15 is 0 Å². The number of esters is 1. The second kappa shape index (κ2) is 6.81. The zero-order chi connectivity index (χ0) is 13.6. The monoisotopic (exact) mass is 267 g/mol. The van der Waals surface area contributed by atoms with Crippen molar-refractivity contribution in [3.8, 4) is 0 Å². The van der Waals surface area contributed by atoms with E-state index in [4.69, 9.17) is 0 Å². The Morgan fingerprint density at radius 1 is 1.28 bits per heavy atom. The Labute approximate surface area is 113 Å². The number of benzene rings is 1. The predicted molar refractivity (Wildman–Crippen MR) is 76.8 cm³/mol. The molecule has 1 aromatic rings. The Morgan fingerprint density at radius 2 is 1.89 bits per heavy atom. The largest absolute Gasteiger partial charge is 0.465 e. The molecule has 0 spiro atoms. The molecule has 0 amide bonds. The molecule has 0 saturated carbocycles. The van der Waals surface area contributed by atoms with Gasteiger partial charge in [0.25, 0.3) is 0 Å². The van der Waals surface area contributed by atoms with Gasteiger partial charge in [-0.15, -0.1) is 0 Å². The highest BCUT2D eigenvalue weighted by atomic mass is 32.2. The van der Waals surface area contributed by atoms with Crippen molar-refractivity contribution in [3.63, 3.8) is 0 Å². The molecule has 4 heteroatoms. The molecule has 0 heterocycles. The van der Waals surface area contributed by atoms with Gasteiger partial charge in [0.05, 0.1) is 12.7 Å². The van der Waals surface area contributed by atoms with Crippen molar-refractivity contribution in [2.45, 2.75) is 31.9 Å². The second-order valence-electron chi connectivity index (χ2n) is 5.05. The number of nitrogens with one attached hydrogen (secondary N) is 1. The number of carbonyl (C=O) groups excluding carboxylic acids is 1. The summed E-state index contributed by atoms with van der Waals surface area (Å²) in [6.07, 6.45) is 0.949. The zero-order valence-electron chi connectivity index (χ0n) is 11.4. The van der Waals surface area contributed by atoms with Crippen LogP contribution in [0.4, 0.5) is 0 Å². The molecule has 100 valence electrons. The minimum Gasteiger partial charge on any atom is -0.465 e. The Kier molecular flexibility index (Phi) is 5.69. The van der Waals surface area contributed by atoms with E-state index in [0.29, 0.717) is 5.56 Å². The van der Waals surface area contributed by atoms with E-state index in [1.165, 1.54) is 12.7 Å². The highest BCUT2D eigenvalue weighted by Gasteiger charge is 2.09. The van der Waals surface area contributed by atoms with Crippen LogP contribution in [0, 0.1) is 0 Å². The third kappa shape index (κ3) is 5.56. The summed E-state index contributed by atoms with van der Waals surface area (Å²) in [7, 11) is 1.39. The van der Waals surface area contributed by atoms with Gasteiger partial charge in [0.2, 0.25) is 0 Å². The van der Waals surface area contributed by atoms with Crippen molar-refractivity contribution in [2.24, 2.45) is 0 Å². The molecule has 0 aliphatic heterocycles. The molecule has 1 aromatic carbocycles. The molecule has 1 rings (SSSR count). The zero-order valence-corrected chi connectivity index (χ0v) is 12.3. The highest BCUT2D eigenvalue weighted by molar-refractivity contribution is 7.98. The van der Waals surface area contributed by atoms with E-state index in [2.05, 4.69) is 30.2 Å². The van der Waals surface area contributed by atoms with Crippen molar-refractivity contribution in [2.75, 3.05) is 13.7 Å². The van der Waals surface area contributed by atoms with Gasteiger partial charge in [-0.25, -0.2) is 4.79 Å². The minimum absolute atomic E-state index is 0.231. The van der Waals surface area contributed by atoms with Crippen molar-refractivity contribution in [1.29, 1.82) is 0 Å². The van der Waals surface area contributed by atoms with E-state index in [1.54, 1.807) is 24.1 Å². The van der Waals surface area contributed by atoms with Crippen molar-refractivity contribution < 1.29 is 9.53 Å². The summed E-state index contributed by atoms with van der Waals surface area (Å²) in [4.78, 5) is 11.3. The average molecular weight is 267 g/mol. The van der Waals surface area contributed by atoms with Gasteiger partial charge in [-0.2, -0.15) is 0 Å². The first-order chi connectivity index (χ1) is 8.42. The molecule has 0 fully saturated rings. The minimum atomic E-state index is -0.289. The van der Waals surface area contributed by atoms with Crippen molar-refractivity contribution in [1.82, 2.24) is 4.72 Å². The number of hydrogen-bond acceptors (Lipinski definition) is 4. The topological polar surface area (TPSA) is 38.3 Å². The lowest BCUT2D eigenvalue weighted by Crippen LogP contribution is -2.18. The van der Waals surface area contributed by atoms with Crippen LogP contribution < -0.4 is 4.72 Å². The van der Waals surface area contributed by atoms with Crippen molar-refractivity contribution >= 4 is 17.9 Å². The van der Waals surface area contributed by atoms with Gasteiger partial charge in [0.1, 0.15) is 0 Å². The summed E-state index contributed by atoms with van der Waals surface area (Å²) >= 11 is 1.74. The standard InChI is InChI=1S/C14H21NO2S/c1-14(2,3)18-15-10-9-11-5-7-12(8-6-11)13(16)17-4/h5-8,15H,9-10H2,1-4H3. The van der Waals surface area contributed by atoms with E-state index in [1.807, 2.05) is 12.1 Å². The van der Waals surface area contributed by atoms with Crippen LogP contribution in [0.25, 0.3) is 0 Å². The summed E-state index contributed by atoms with van der Waals surface area (Å²) < 4.78 is 8.24. The molecule has 0 radical (unpaired) electrons. The normalized spacial score (nSPS) is 11.3. The fraction of sp³-hybridized carbons (Fsp3) is 0.500.